The van der Waals surface area contributed by atoms with Crippen LogP contribution >= 0.6 is 23.5 Å². The van der Waals surface area contributed by atoms with E-state index in [1.54, 1.807) is 0 Å². The summed E-state index contributed by atoms with van der Waals surface area (Å²) >= 11 is 4.07. The molecule has 1 aliphatic heterocycles. The molecule has 2 atom stereocenters. The number of thioether (sulfide) groups is 2. The average Bonchev–Trinajstić information content (AvgIpc) is 2.86. The topological polar surface area (TPSA) is 50.4 Å². The molecule has 3 rings (SSSR count). The summed E-state index contributed by atoms with van der Waals surface area (Å²) < 4.78 is 5.71. The Morgan fingerprint density at radius 3 is 2.56 bits per heavy atom. The Kier molecular flexibility index (Phi) is 6.96. The third-order valence-corrected chi connectivity index (χ3v) is 7.51. The molecule has 1 saturated carbocycles. The van der Waals surface area contributed by atoms with Crippen molar-refractivity contribution in [2.24, 2.45) is 0 Å². The molecular formula is C19H28N2O2S2. The Balaban J connectivity index is 1.42. The molecule has 2 aliphatic rings. The van der Waals surface area contributed by atoms with Crippen molar-refractivity contribution in [3.63, 3.8) is 0 Å². The van der Waals surface area contributed by atoms with Crippen LogP contribution in [0, 0.1) is 13.8 Å². The van der Waals surface area contributed by atoms with Gasteiger partial charge in [-0.2, -0.15) is 23.5 Å². The fraction of sp³-hybridized carbons (Fsp3) is 0.632. The van der Waals surface area contributed by atoms with Crippen LogP contribution in [0.15, 0.2) is 18.2 Å². The second-order valence-electron chi connectivity index (χ2n) is 6.86. The first-order chi connectivity index (χ1) is 12.1. The highest BCUT2D eigenvalue weighted by Gasteiger charge is 2.33. The van der Waals surface area contributed by atoms with Crippen molar-refractivity contribution in [1.82, 2.24) is 10.6 Å². The zero-order chi connectivity index (χ0) is 17.6. The van der Waals surface area contributed by atoms with Gasteiger partial charge in [0, 0.05) is 41.1 Å². The molecule has 25 heavy (non-hydrogen) atoms. The van der Waals surface area contributed by atoms with Gasteiger partial charge in [-0.05, 0) is 43.9 Å². The fourth-order valence-corrected chi connectivity index (χ4v) is 5.58. The Hall–Kier alpha value is -0.850. The second kappa shape index (κ2) is 9.19. The van der Waals surface area contributed by atoms with Crippen molar-refractivity contribution in [3.05, 3.63) is 29.3 Å². The second-order valence-corrected chi connectivity index (χ2v) is 9.16. The molecule has 1 saturated heterocycles. The van der Waals surface area contributed by atoms with Gasteiger partial charge in [-0.15, -0.1) is 0 Å². The molecule has 1 heterocycles. The maximum atomic E-state index is 12.2. The summed E-state index contributed by atoms with van der Waals surface area (Å²) in [5, 5.41) is 6.88. The summed E-state index contributed by atoms with van der Waals surface area (Å²) in [4.78, 5) is 12.2. The minimum atomic E-state index is -0.0259. The standard InChI is InChI=1S/C19H28N2O2S2/c1-13-4-3-5-18(14(13)2)23-10-19(22)21-17-7-6-16(17)20-15-11-24-8-9-25-12-15/h3-5,15-17,20H,6-12H2,1-2H3,(H,21,22)/t16-,17+/m1/s1. The van der Waals surface area contributed by atoms with Crippen molar-refractivity contribution in [3.8, 4) is 5.75 Å². The van der Waals surface area contributed by atoms with Gasteiger partial charge < -0.3 is 15.4 Å². The maximum Gasteiger partial charge on any atom is 0.258 e. The third kappa shape index (κ3) is 5.31. The molecule has 0 aromatic heterocycles. The maximum absolute atomic E-state index is 12.2. The molecule has 2 fully saturated rings. The zero-order valence-electron chi connectivity index (χ0n) is 15.0. The predicted molar refractivity (Wildman–Crippen MR) is 108 cm³/mol. The van der Waals surface area contributed by atoms with Gasteiger partial charge in [0.1, 0.15) is 5.75 Å². The van der Waals surface area contributed by atoms with Gasteiger partial charge in [-0.1, -0.05) is 12.1 Å². The van der Waals surface area contributed by atoms with Crippen LogP contribution in [0.2, 0.25) is 0 Å². The van der Waals surface area contributed by atoms with Crippen LogP contribution in [0.3, 0.4) is 0 Å². The molecule has 0 radical (unpaired) electrons. The SMILES string of the molecule is Cc1cccc(OCC(=O)N[C@H]2CC[C@H]2NC2CSCCSC2)c1C. The number of amides is 1. The lowest BCUT2D eigenvalue weighted by Gasteiger charge is -2.40. The highest BCUT2D eigenvalue weighted by molar-refractivity contribution is 8.03. The summed E-state index contributed by atoms with van der Waals surface area (Å²) in [5.41, 5.74) is 2.28. The van der Waals surface area contributed by atoms with Gasteiger partial charge in [-0.3, -0.25) is 4.79 Å². The fourth-order valence-electron chi connectivity index (χ4n) is 3.16. The number of nitrogens with one attached hydrogen (secondary N) is 2. The van der Waals surface area contributed by atoms with Crippen molar-refractivity contribution in [1.29, 1.82) is 0 Å². The van der Waals surface area contributed by atoms with E-state index in [2.05, 4.69) is 23.6 Å². The molecule has 1 aromatic rings. The number of hydrogen-bond acceptors (Lipinski definition) is 5. The van der Waals surface area contributed by atoms with Gasteiger partial charge >= 0.3 is 0 Å². The summed E-state index contributed by atoms with van der Waals surface area (Å²) in [7, 11) is 0. The van der Waals surface area contributed by atoms with Crippen molar-refractivity contribution < 1.29 is 9.53 Å². The van der Waals surface area contributed by atoms with Crippen molar-refractivity contribution in [2.75, 3.05) is 29.6 Å². The number of rotatable bonds is 6. The summed E-state index contributed by atoms with van der Waals surface area (Å²) in [5.74, 6) is 5.64. The molecule has 0 bridgehead atoms. The van der Waals surface area contributed by atoms with Crippen molar-refractivity contribution in [2.45, 2.75) is 44.8 Å². The molecule has 138 valence electrons. The molecular weight excluding hydrogens is 352 g/mol. The predicted octanol–water partition coefficient (Wildman–Crippen LogP) is 2.77. The van der Waals surface area contributed by atoms with E-state index in [1.165, 1.54) is 28.6 Å². The van der Waals surface area contributed by atoms with E-state index in [9.17, 15) is 4.79 Å². The quantitative estimate of drug-likeness (QED) is 0.795. The Labute approximate surface area is 159 Å². The molecule has 2 N–H and O–H groups in total. The van der Waals surface area contributed by atoms with E-state index in [-0.39, 0.29) is 18.6 Å². The Bertz CT molecular complexity index is 589. The molecule has 6 heteroatoms. The lowest BCUT2D eigenvalue weighted by molar-refractivity contribution is -0.124. The molecule has 1 aliphatic carbocycles. The van der Waals surface area contributed by atoms with Crippen LogP contribution in [0.25, 0.3) is 0 Å². The van der Waals surface area contributed by atoms with Crippen molar-refractivity contribution >= 4 is 29.4 Å². The number of carbonyl (C=O) groups excluding carboxylic acids is 1. The van der Waals surface area contributed by atoms with Gasteiger partial charge in [0.25, 0.3) is 5.91 Å². The highest BCUT2D eigenvalue weighted by Crippen LogP contribution is 2.24. The number of aryl methyl sites for hydroxylation is 1. The monoisotopic (exact) mass is 380 g/mol. The van der Waals surface area contributed by atoms with Crippen LogP contribution in [0.4, 0.5) is 0 Å². The van der Waals surface area contributed by atoms with E-state index >= 15 is 0 Å². The van der Waals surface area contributed by atoms with Crippen LogP contribution < -0.4 is 15.4 Å². The van der Waals surface area contributed by atoms with E-state index in [1.807, 2.05) is 42.6 Å². The minimum Gasteiger partial charge on any atom is -0.483 e. The highest BCUT2D eigenvalue weighted by atomic mass is 32.2. The van der Waals surface area contributed by atoms with Gasteiger partial charge in [0.2, 0.25) is 0 Å². The number of ether oxygens (including phenoxy) is 1. The zero-order valence-corrected chi connectivity index (χ0v) is 16.7. The molecule has 1 amide bonds. The van der Waals surface area contributed by atoms with E-state index in [0.717, 1.165) is 24.2 Å². The van der Waals surface area contributed by atoms with E-state index in [0.29, 0.717) is 12.1 Å². The van der Waals surface area contributed by atoms with E-state index in [4.69, 9.17) is 4.74 Å². The van der Waals surface area contributed by atoms with Crippen LogP contribution in [-0.2, 0) is 4.79 Å². The van der Waals surface area contributed by atoms with Crippen LogP contribution in [0.5, 0.6) is 5.75 Å². The molecule has 0 unspecified atom stereocenters. The normalized spacial score (nSPS) is 24.2. The Morgan fingerprint density at radius 1 is 1.16 bits per heavy atom. The number of carbonyl (C=O) groups is 1. The number of hydrogen-bond donors (Lipinski definition) is 2. The summed E-state index contributed by atoms with van der Waals surface area (Å²) in [6.45, 7) is 4.16. The number of benzene rings is 1. The minimum absolute atomic E-state index is 0.0259. The average molecular weight is 381 g/mol. The molecule has 0 spiro atoms. The summed E-state index contributed by atoms with van der Waals surface area (Å²) in [6.07, 6.45) is 2.20. The largest absolute Gasteiger partial charge is 0.483 e. The van der Waals surface area contributed by atoms with Crippen LogP contribution in [-0.4, -0.2) is 53.7 Å². The van der Waals surface area contributed by atoms with E-state index < -0.39 is 0 Å². The first-order valence-corrected chi connectivity index (χ1v) is 11.3. The smallest absolute Gasteiger partial charge is 0.258 e. The lowest BCUT2D eigenvalue weighted by Crippen LogP contribution is -2.60. The Morgan fingerprint density at radius 2 is 1.88 bits per heavy atom. The summed E-state index contributed by atoms with van der Waals surface area (Å²) in [6, 6.07) is 7.15. The third-order valence-electron chi connectivity index (χ3n) is 4.99. The van der Waals surface area contributed by atoms with Crippen LogP contribution in [0.1, 0.15) is 24.0 Å². The molecule has 4 nitrogen and oxygen atoms in total. The van der Waals surface area contributed by atoms with Gasteiger partial charge in [-0.25, -0.2) is 0 Å². The first kappa shape index (κ1) is 18.9. The lowest BCUT2D eigenvalue weighted by atomic mass is 9.86. The van der Waals surface area contributed by atoms with Gasteiger partial charge in [0.15, 0.2) is 6.61 Å². The molecule has 1 aromatic carbocycles. The first-order valence-electron chi connectivity index (χ1n) is 9.03. The van der Waals surface area contributed by atoms with Gasteiger partial charge in [0.05, 0.1) is 0 Å².